The van der Waals surface area contributed by atoms with Crippen LogP contribution in [0.15, 0.2) is 30.3 Å². The summed E-state index contributed by atoms with van der Waals surface area (Å²) >= 11 is 0. The first-order chi connectivity index (χ1) is 9.61. The van der Waals surface area contributed by atoms with E-state index in [9.17, 15) is 10.1 Å². The summed E-state index contributed by atoms with van der Waals surface area (Å²) in [5.41, 5.74) is 3.12. The van der Waals surface area contributed by atoms with Crippen LogP contribution in [0.1, 0.15) is 17.0 Å². The van der Waals surface area contributed by atoms with Crippen LogP contribution < -0.4 is 5.32 Å². The van der Waals surface area contributed by atoms with Crippen molar-refractivity contribution in [1.82, 2.24) is 10.2 Å². The third-order valence-electron chi connectivity index (χ3n) is 3.13. The topological polar surface area (TPSA) is 81.6 Å². The van der Waals surface area contributed by atoms with Crippen molar-refractivity contribution < 1.29 is 4.79 Å². The number of aromatic amines is 1. The fourth-order valence-electron chi connectivity index (χ4n) is 1.99. The Morgan fingerprint density at radius 1 is 1.40 bits per heavy atom. The Morgan fingerprint density at radius 3 is 2.65 bits per heavy atom. The number of nitrogens with zero attached hydrogens (tertiary/aromatic N) is 2. The number of hydrogen-bond acceptors (Lipinski definition) is 3. The number of aromatic nitrogens is 2. The summed E-state index contributed by atoms with van der Waals surface area (Å²) in [6, 6.07) is 11.6. The van der Waals surface area contributed by atoms with Gasteiger partial charge in [0, 0.05) is 0 Å². The number of nitriles is 1. The molecule has 0 aliphatic carbocycles. The van der Waals surface area contributed by atoms with E-state index >= 15 is 0 Å². The highest BCUT2D eigenvalue weighted by molar-refractivity contribution is 5.95. The van der Waals surface area contributed by atoms with Crippen LogP contribution in [0.25, 0.3) is 0 Å². The Balaban J connectivity index is 2.09. The van der Waals surface area contributed by atoms with Crippen LogP contribution in [-0.2, 0) is 11.2 Å². The molecule has 0 aliphatic rings. The number of aryl methyl sites for hydroxylation is 2. The van der Waals surface area contributed by atoms with Crippen LogP contribution in [0.3, 0.4) is 0 Å². The summed E-state index contributed by atoms with van der Waals surface area (Å²) in [5, 5.41) is 18.8. The predicted molar refractivity (Wildman–Crippen MR) is 75.9 cm³/mol. The van der Waals surface area contributed by atoms with Gasteiger partial charge in [0.15, 0.2) is 0 Å². The first kappa shape index (κ1) is 13.8. The third kappa shape index (κ3) is 3.04. The van der Waals surface area contributed by atoms with Gasteiger partial charge in [-0.25, -0.2) is 0 Å². The number of rotatable bonds is 4. The number of nitrogens with one attached hydrogen (secondary N) is 2. The molecule has 1 unspecified atom stereocenters. The van der Waals surface area contributed by atoms with E-state index in [1.165, 1.54) is 0 Å². The second-order valence-corrected chi connectivity index (χ2v) is 4.67. The maximum atomic E-state index is 12.2. The Morgan fingerprint density at radius 2 is 2.10 bits per heavy atom. The van der Waals surface area contributed by atoms with Gasteiger partial charge in [0.1, 0.15) is 5.92 Å². The van der Waals surface area contributed by atoms with E-state index in [2.05, 4.69) is 21.6 Å². The molecule has 1 aromatic heterocycles. The molecule has 20 heavy (non-hydrogen) atoms. The molecule has 0 spiro atoms. The minimum Gasteiger partial charge on any atom is -0.322 e. The lowest BCUT2D eigenvalue weighted by molar-refractivity contribution is -0.118. The summed E-state index contributed by atoms with van der Waals surface area (Å²) in [6.45, 7) is 3.63. The number of amides is 1. The molecule has 1 atom stereocenters. The van der Waals surface area contributed by atoms with Crippen molar-refractivity contribution in [2.75, 3.05) is 5.32 Å². The van der Waals surface area contributed by atoms with Gasteiger partial charge in [-0.1, -0.05) is 30.3 Å². The Hall–Kier alpha value is -2.61. The monoisotopic (exact) mass is 268 g/mol. The first-order valence-electron chi connectivity index (χ1n) is 6.37. The standard InChI is InChI=1S/C15H16N4O/c1-10-14(11(2)19-18-10)17-15(20)13(9-16)8-12-6-4-3-5-7-12/h3-7,13H,8H2,1-2H3,(H,17,20)(H,18,19). The molecule has 1 heterocycles. The van der Waals surface area contributed by atoms with Crippen molar-refractivity contribution in [2.24, 2.45) is 5.92 Å². The summed E-state index contributed by atoms with van der Waals surface area (Å²) in [4.78, 5) is 12.2. The van der Waals surface area contributed by atoms with Gasteiger partial charge in [0.2, 0.25) is 5.91 Å². The summed E-state index contributed by atoms with van der Waals surface area (Å²) in [5.74, 6) is -1.02. The van der Waals surface area contributed by atoms with E-state index in [-0.39, 0.29) is 5.91 Å². The molecule has 0 bridgehead atoms. The highest BCUT2D eigenvalue weighted by Crippen LogP contribution is 2.18. The zero-order valence-electron chi connectivity index (χ0n) is 11.5. The number of carbonyl (C=O) groups excluding carboxylic acids is 1. The molecule has 1 aromatic carbocycles. The molecule has 0 radical (unpaired) electrons. The lowest BCUT2D eigenvalue weighted by atomic mass is 10.00. The first-order valence-corrected chi connectivity index (χ1v) is 6.37. The van der Waals surface area contributed by atoms with Crippen molar-refractivity contribution in [3.8, 4) is 6.07 Å². The highest BCUT2D eigenvalue weighted by atomic mass is 16.1. The normalized spacial score (nSPS) is 11.7. The molecule has 2 N–H and O–H groups in total. The largest absolute Gasteiger partial charge is 0.322 e. The molecule has 0 saturated heterocycles. The van der Waals surface area contributed by atoms with E-state index in [1.807, 2.05) is 37.3 Å². The van der Waals surface area contributed by atoms with E-state index in [0.29, 0.717) is 17.8 Å². The van der Waals surface area contributed by atoms with E-state index < -0.39 is 5.92 Å². The van der Waals surface area contributed by atoms with Crippen molar-refractivity contribution in [3.05, 3.63) is 47.3 Å². The molecule has 5 heteroatoms. The van der Waals surface area contributed by atoms with Gasteiger partial charge < -0.3 is 5.32 Å². The SMILES string of the molecule is Cc1n[nH]c(C)c1NC(=O)C(C#N)Cc1ccccc1. The average molecular weight is 268 g/mol. The number of carbonyl (C=O) groups is 1. The van der Waals surface area contributed by atoms with Crippen LogP contribution in [0.2, 0.25) is 0 Å². The zero-order chi connectivity index (χ0) is 14.5. The second kappa shape index (κ2) is 6.02. The number of anilines is 1. The fraction of sp³-hybridized carbons (Fsp3) is 0.267. The fourth-order valence-corrected chi connectivity index (χ4v) is 1.99. The summed E-state index contributed by atoms with van der Waals surface area (Å²) in [7, 11) is 0. The molecule has 2 rings (SSSR count). The van der Waals surface area contributed by atoms with Gasteiger partial charge in [-0.2, -0.15) is 10.4 Å². The second-order valence-electron chi connectivity index (χ2n) is 4.67. The zero-order valence-corrected chi connectivity index (χ0v) is 11.5. The number of hydrogen-bond donors (Lipinski definition) is 2. The van der Waals surface area contributed by atoms with Crippen molar-refractivity contribution >= 4 is 11.6 Å². The van der Waals surface area contributed by atoms with Crippen LogP contribution in [0.5, 0.6) is 0 Å². The molecule has 0 saturated carbocycles. The Bertz CT molecular complexity index is 620. The van der Waals surface area contributed by atoms with Crippen molar-refractivity contribution in [2.45, 2.75) is 20.3 Å². The molecule has 0 fully saturated rings. The molecule has 0 aliphatic heterocycles. The lowest BCUT2D eigenvalue weighted by Crippen LogP contribution is -2.24. The van der Waals surface area contributed by atoms with Crippen LogP contribution >= 0.6 is 0 Å². The predicted octanol–water partition coefficient (Wildman–Crippen LogP) is 2.35. The van der Waals surface area contributed by atoms with Crippen molar-refractivity contribution in [1.29, 1.82) is 5.26 Å². The minimum absolute atomic E-state index is 0.302. The molecule has 2 aromatic rings. The molecular weight excluding hydrogens is 252 g/mol. The Labute approximate surface area is 117 Å². The van der Waals surface area contributed by atoms with Gasteiger partial charge in [0.25, 0.3) is 0 Å². The maximum absolute atomic E-state index is 12.2. The van der Waals surface area contributed by atoms with E-state index in [4.69, 9.17) is 0 Å². The minimum atomic E-state index is -0.717. The van der Waals surface area contributed by atoms with Crippen molar-refractivity contribution in [3.63, 3.8) is 0 Å². The molecule has 5 nitrogen and oxygen atoms in total. The smallest absolute Gasteiger partial charge is 0.242 e. The maximum Gasteiger partial charge on any atom is 0.242 e. The highest BCUT2D eigenvalue weighted by Gasteiger charge is 2.20. The van der Waals surface area contributed by atoms with Gasteiger partial charge in [0.05, 0.1) is 23.1 Å². The molecular formula is C15H16N4O. The van der Waals surface area contributed by atoms with E-state index in [1.54, 1.807) is 6.92 Å². The van der Waals surface area contributed by atoms with Gasteiger partial charge in [-0.3, -0.25) is 9.89 Å². The molecule has 102 valence electrons. The Kier molecular flexibility index (Phi) is 4.16. The number of H-pyrrole nitrogens is 1. The van der Waals surface area contributed by atoms with Crippen LogP contribution in [0, 0.1) is 31.1 Å². The van der Waals surface area contributed by atoms with Gasteiger partial charge >= 0.3 is 0 Å². The van der Waals surface area contributed by atoms with Gasteiger partial charge in [-0.15, -0.1) is 0 Å². The quantitative estimate of drug-likeness (QED) is 0.893. The van der Waals surface area contributed by atoms with Crippen LogP contribution in [0.4, 0.5) is 5.69 Å². The average Bonchev–Trinajstić information content (AvgIpc) is 2.77. The molecule has 1 amide bonds. The summed E-state index contributed by atoms with van der Waals surface area (Å²) in [6.07, 6.45) is 0.402. The summed E-state index contributed by atoms with van der Waals surface area (Å²) < 4.78 is 0. The van der Waals surface area contributed by atoms with Gasteiger partial charge in [-0.05, 0) is 25.8 Å². The third-order valence-corrected chi connectivity index (χ3v) is 3.13. The number of benzene rings is 1. The van der Waals surface area contributed by atoms with Crippen LogP contribution in [-0.4, -0.2) is 16.1 Å². The lowest BCUT2D eigenvalue weighted by Gasteiger charge is -2.10. The van der Waals surface area contributed by atoms with E-state index in [0.717, 1.165) is 11.3 Å².